The summed E-state index contributed by atoms with van der Waals surface area (Å²) in [5, 5.41) is 10.0. The summed E-state index contributed by atoms with van der Waals surface area (Å²) in [4.78, 5) is 2.19. The van der Waals surface area contributed by atoms with Gasteiger partial charge >= 0.3 is 0 Å². The van der Waals surface area contributed by atoms with Crippen LogP contribution in [0.5, 0.6) is 11.5 Å². The van der Waals surface area contributed by atoms with Gasteiger partial charge in [0.25, 0.3) is 0 Å². The molecule has 1 aliphatic rings. The molecule has 0 radical (unpaired) electrons. The summed E-state index contributed by atoms with van der Waals surface area (Å²) >= 11 is 0. The second-order valence-electron chi connectivity index (χ2n) is 5.27. The van der Waals surface area contributed by atoms with Crippen molar-refractivity contribution in [2.24, 2.45) is 0 Å². The molecule has 1 saturated heterocycles. The predicted octanol–water partition coefficient (Wildman–Crippen LogP) is 1.34. The first-order chi connectivity index (χ1) is 10.7. The van der Waals surface area contributed by atoms with Crippen molar-refractivity contribution < 1.29 is 24.1 Å². The molecule has 1 fully saturated rings. The van der Waals surface area contributed by atoms with E-state index in [0.717, 1.165) is 31.9 Å². The lowest BCUT2D eigenvalue weighted by Crippen LogP contribution is -2.42. The Kier molecular flexibility index (Phi) is 9.28. The molecule has 132 valence electrons. The molecule has 6 nitrogen and oxygen atoms in total. The molecule has 23 heavy (non-hydrogen) atoms. The maximum atomic E-state index is 10.0. The smallest absolute Gasteiger partial charge is 0.161 e. The Bertz CT molecular complexity index is 454. The molecule has 1 aromatic rings. The minimum atomic E-state index is -0.488. The number of hydrogen-bond acceptors (Lipinski definition) is 6. The average molecular weight is 348 g/mol. The number of ether oxygens (including phenoxy) is 4. The summed E-state index contributed by atoms with van der Waals surface area (Å²) in [6.45, 7) is 4.57. The summed E-state index contributed by atoms with van der Waals surface area (Å²) < 4.78 is 21.3. The first-order valence-corrected chi connectivity index (χ1v) is 7.49. The predicted molar refractivity (Wildman–Crippen MR) is 89.7 cm³/mol. The van der Waals surface area contributed by atoms with Crippen molar-refractivity contribution in [1.82, 2.24) is 4.90 Å². The van der Waals surface area contributed by atoms with E-state index in [9.17, 15) is 5.11 Å². The van der Waals surface area contributed by atoms with E-state index in [0.29, 0.717) is 31.3 Å². The number of aliphatic hydroxyl groups excluding tert-OH is 1. The standard InChI is InChI=1S/C16H25NO5.ClH/c1-19-15-4-3-13(9-16(15)20-2)11-22-12-14(18)10-17-5-7-21-8-6-17;/h3-4,9,14,18H,5-8,10-12H2,1-2H3;1H. The van der Waals surface area contributed by atoms with Crippen LogP contribution in [0.1, 0.15) is 5.56 Å². The molecule has 2 rings (SSSR count). The van der Waals surface area contributed by atoms with E-state index in [1.54, 1.807) is 14.2 Å². The van der Waals surface area contributed by atoms with Crippen LogP contribution in [-0.4, -0.2) is 69.8 Å². The molecule has 1 unspecified atom stereocenters. The Hall–Kier alpha value is -1.05. The number of aliphatic hydroxyl groups is 1. The number of benzene rings is 1. The van der Waals surface area contributed by atoms with Crippen LogP contribution in [0.2, 0.25) is 0 Å². The fourth-order valence-corrected chi connectivity index (χ4v) is 2.42. The van der Waals surface area contributed by atoms with Crippen LogP contribution >= 0.6 is 12.4 Å². The first kappa shape index (κ1) is 20.0. The van der Waals surface area contributed by atoms with Crippen molar-refractivity contribution in [2.75, 3.05) is 53.7 Å². The lowest BCUT2D eigenvalue weighted by molar-refractivity contribution is -0.0175. The van der Waals surface area contributed by atoms with Gasteiger partial charge in [0.1, 0.15) is 0 Å². The zero-order valence-electron chi connectivity index (χ0n) is 13.7. The maximum Gasteiger partial charge on any atom is 0.161 e. The van der Waals surface area contributed by atoms with E-state index < -0.39 is 6.10 Å². The van der Waals surface area contributed by atoms with Gasteiger partial charge in [0.15, 0.2) is 11.5 Å². The monoisotopic (exact) mass is 347 g/mol. The van der Waals surface area contributed by atoms with E-state index in [4.69, 9.17) is 18.9 Å². The second kappa shape index (κ2) is 10.7. The quantitative estimate of drug-likeness (QED) is 0.765. The van der Waals surface area contributed by atoms with Crippen LogP contribution in [0.15, 0.2) is 18.2 Å². The van der Waals surface area contributed by atoms with Crippen molar-refractivity contribution >= 4 is 12.4 Å². The number of hydrogen-bond donors (Lipinski definition) is 1. The van der Waals surface area contributed by atoms with Crippen molar-refractivity contribution in [3.8, 4) is 11.5 Å². The summed E-state index contributed by atoms with van der Waals surface area (Å²) in [5.41, 5.74) is 0.983. The van der Waals surface area contributed by atoms with E-state index in [1.165, 1.54) is 0 Å². The highest BCUT2D eigenvalue weighted by atomic mass is 35.5. The van der Waals surface area contributed by atoms with Gasteiger partial charge in [0.05, 0.1) is 46.8 Å². The number of morpholine rings is 1. The molecular formula is C16H26ClNO5. The van der Waals surface area contributed by atoms with Crippen LogP contribution in [-0.2, 0) is 16.1 Å². The molecule has 0 amide bonds. The molecule has 0 bridgehead atoms. The highest BCUT2D eigenvalue weighted by Crippen LogP contribution is 2.27. The van der Waals surface area contributed by atoms with Gasteiger partial charge in [-0.1, -0.05) is 6.07 Å². The number of rotatable bonds is 8. The number of nitrogens with zero attached hydrogens (tertiary/aromatic N) is 1. The fraction of sp³-hybridized carbons (Fsp3) is 0.625. The van der Waals surface area contributed by atoms with Gasteiger partial charge in [-0.3, -0.25) is 4.90 Å². The summed E-state index contributed by atoms with van der Waals surface area (Å²) in [6, 6.07) is 5.66. The molecule has 1 atom stereocenters. The third-order valence-corrected chi connectivity index (χ3v) is 3.60. The maximum absolute atomic E-state index is 10.0. The van der Waals surface area contributed by atoms with Crippen LogP contribution in [0, 0.1) is 0 Å². The topological polar surface area (TPSA) is 60.4 Å². The fourth-order valence-electron chi connectivity index (χ4n) is 2.42. The molecule has 0 spiro atoms. The van der Waals surface area contributed by atoms with E-state index >= 15 is 0 Å². The highest BCUT2D eigenvalue weighted by Gasteiger charge is 2.15. The minimum absolute atomic E-state index is 0. The van der Waals surface area contributed by atoms with Gasteiger partial charge < -0.3 is 24.1 Å². The molecule has 1 heterocycles. The van der Waals surface area contributed by atoms with Gasteiger partial charge in [-0.15, -0.1) is 12.4 Å². The first-order valence-electron chi connectivity index (χ1n) is 7.49. The minimum Gasteiger partial charge on any atom is -0.493 e. The van der Waals surface area contributed by atoms with Crippen LogP contribution in [0.4, 0.5) is 0 Å². The third kappa shape index (κ3) is 6.53. The van der Waals surface area contributed by atoms with E-state index in [1.807, 2.05) is 18.2 Å². The van der Waals surface area contributed by atoms with Crippen molar-refractivity contribution in [3.63, 3.8) is 0 Å². The Morgan fingerprint density at radius 3 is 2.52 bits per heavy atom. The second-order valence-corrected chi connectivity index (χ2v) is 5.27. The zero-order chi connectivity index (χ0) is 15.8. The summed E-state index contributed by atoms with van der Waals surface area (Å²) in [7, 11) is 3.21. The Morgan fingerprint density at radius 2 is 1.87 bits per heavy atom. The Morgan fingerprint density at radius 1 is 1.17 bits per heavy atom. The summed E-state index contributed by atoms with van der Waals surface area (Å²) in [5.74, 6) is 1.37. The van der Waals surface area contributed by atoms with Crippen LogP contribution in [0.25, 0.3) is 0 Å². The van der Waals surface area contributed by atoms with Crippen molar-refractivity contribution in [1.29, 1.82) is 0 Å². The number of methoxy groups -OCH3 is 2. The number of halogens is 1. The Balaban J connectivity index is 0.00000264. The lowest BCUT2D eigenvalue weighted by Gasteiger charge is -2.28. The Labute approximate surface area is 143 Å². The normalized spacial score (nSPS) is 16.5. The highest BCUT2D eigenvalue weighted by molar-refractivity contribution is 5.85. The van der Waals surface area contributed by atoms with E-state index in [2.05, 4.69) is 4.90 Å². The molecule has 1 aromatic carbocycles. The average Bonchev–Trinajstić information content (AvgIpc) is 2.55. The molecule has 0 saturated carbocycles. The van der Waals surface area contributed by atoms with Crippen LogP contribution in [0.3, 0.4) is 0 Å². The molecule has 1 aliphatic heterocycles. The molecule has 0 aromatic heterocycles. The molecule has 0 aliphatic carbocycles. The third-order valence-electron chi connectivity index (χ3n) is 3.60. The SMILES string of the molecule is COc1ccc(COCC(O)CN2CCOCC2)cc1OC.Cl. The number of β-amino-alcohol motifs (C(OH)–C–C–N with tert-alkyl or cyclic N) is 1. The van der Waals surface area contributed by atoms with E-state index in [-0.39, 0.29) is 12.4 Å². The van der Waals surface area contributed by atoms with Crippen molar-refractivity contribution in [2.45, 2.75) is 12.7 Å². The van der Waals surface area contributed by atoms with Gasteiger partial charge in [-0.05, 0) is 17.7 Å². The summed E-state index contributed by atoms with van der Waals surface area (Å²) in [6.07, 6.45) is -0.488. The van der Waals surface area contributed by atoms with Gasteiger partial charge in [-0.25, -0.2) is 0 Å². The van der Waals surface area contributed by atoms with Gasteiger partial charge in [-0.2, -0.15) is 0 Å². The molecule has 7 heteroatoms. The van der Waals surface area contributed by atoms with Gasteiger partial charge in [0, 0.05) is 19.6 Å². The lowest BCUT2D eigenvalue weighted by atomic mass is 10.2. The molecule has 1 N–H and O–H groups in total. The largest absolute Gasteiger partial charge is 0.493 e. The van der Waals surface area contributed by atoms with Crippen LogP contribution < -0.4 is 9.47 Å². The molecular weight excluding hydrogens is 322 g/mol. The van der Waals surface area contributed by atoms with Gasteiger partial charge in [0.2, 0.25) is 0 Å². The van der Waals surface area contributed by atoms with Crippen molar-refractivity contribution in [3.05, 3.63) is 23.8 Å². The zero-order valence-corrected chi connectivity index (χ0v) is 14.5.